The predicted molar refractivity (Wildman–Crippen MR) is 113 cm³/mol. The van der Waals surface area contributed by atoms with Gasteiger partial charge in [0.1, 0.15) is 11.4 Å². The topological polar surface area (TPSA) is 90.1 Å². The average molecular weight is 478 g/mol. The summed E-state index contributed by atoms with van der Waals surface area (Å²) in [5, 5.41) is 16.6. The number of aliphatic imine (C=N–C) groups is 1. The molecule has 0 aromatic carbocycles. The van der Waals surface area contributed by atoms with Gasteiger partial charge in [-0.1, -0.05) is 0 Å². The summed E-state index contributed by atoms with van der Waals surface area (Å²) in [6.45, 7) is 6.43. The number of amides is 1. The average Bonchev–Trinajstić information content (AvgIpc) is 3.15. The number of carbonyl (C=O) groups excluding carboxylic acids is 1. The molecule has 1 aliphatic rings. The van der Waals surface area contributed by atoms with E-state index in [1.165, 1.54) is 0 Å². The Morgan fingerprint density at radius 3 is 2.69 bits per heavy atom. The van der Waals surface area contributed by atoms with Crippen LogP contribution in [-0.4, -0.2) is 55.1 Å². The maximum atomic E-state index is 11.5. The largest absolute Gasteiger partial charge is 0.466 e. The number of piperidine rings is 1. The molecule has 3 N–H and O–H groups in total. The first-order chi connectivity index (χ1) is 12.0. The third-order valence-corrected chi connectivity index (χ3v) is 4.59. The normalized spacial score (nSPS) is 18.0. The van der Waals surface area contributed by atoms with Gasteiger partial charge < -0.3 is 25.1 Å². The van der Waals surface area contributed by atoms with Crippen molar-refractivity contribution in [3.05, 3.63) is 24.2 Å². The maximum absolute atomic E-state index is 11.5. The van der Waals surface area contributed by atoms with Gasteiger partial charge in [-0.2, -0.15) is 0 Å². The lowest BCUT2D eigenvalue weighted by atomic mass is 9.93. The summed E-state index contributed by atoms with van der Waals surface area (Å²) in [6, 6.07) is 3.52. The summed E-state index contributed by atoms with van der Waals surface area (Å²) >= 11 is 0. The minimum atomic E-state index is -1.14. The Morgan fingerprint density at radius 2 is 2.15 bits per heavy atom. The Bertz CT molecular complexity index is 567. The van der Waals surface area contributed by atoms with Crippen molar-refractivity contribution in [2.75, 3.05) is 33.2 Å². The van der Waals surface area contributed by atoms with Gasteiger partial charge in [-0.3, -0.25) is 4.79 Å². The van der Waals surface area contributed by atoms with E-state index >= 15 is 0 Å². The van der Waals surface area contributed by atoms with Gasteiger partial charge in [0.25, 0.3) is 0 Å². The summed E-state index contributed by atoms with van der Waals surface area (Å²) < 4.78 is 5.31. The fourth-order valence-corrected chi connectivity index (χ4v) is 3.03. The third-order valence-electron chi connectivity index (χ3n) is 4.59. The molecule has 1 atom stereocenters. The molecule has 1 aromatic heterocycles. The smallest absolute Gasteiger partial charge is 0.220 e. The lowest BCUT2D eigenvalue weighted by Crippen LogP contribution is -2.46. The molecule has 2 heterocycles. The predicted octanol–water partition coefficient (Wildman–Crippen LogP) is 1.92. The van der Waals surface area contributed by atoms with Crippen LogP contribution in [0.5, 0.6) is 0 Å². The number of likely N-dealkylation sites (tertiary alicyclic amines) is 1. The second-order valence-corrected chi connectivity index (χ2v) is 6.73. The molecule has 1 saturated heterocycles. The van der Waals surface area contributed by atoms with Crippen molar-refractivity contribution in [1.82, 2.24) is 15.5 Å². The summed E-state index contributed by atoms with van der Waals surface area (Å²) in [5.74, 6) is 1.84. The second kappa shape index (κ2) is 10.8. The second-order valence-electron chi connectivity index (χ2n) is 6.73. The molecule has 8 heteroatoms. The third kappa shape index (κ3) is 6.46. The summed E-state index contributed by atoms with van der Waals surface area (Å²) in [6.07, 6.45) is 4.07. The van der Waals surface area contributed by atoms with Crippen LogP contribution in [0.3, 0.4) is 0 Å². The number of furan rings is 1. The van der Waals surface area contributed by atoms with E-state index in [0.29, 0.717) is 18.1 Å². The van der Waals surface area contributed by atoms with E-state index < -0.39 is 5.60 Å². The molecule has 0 saturated carbocycles. The van der Waals surface area contributed by atoms with Gasteiger partial charge in [0, 0.05) is 33.1 Å². The van der Waals surface area contributed by atoms with Crippen LogP contribution >= 0.6 is 24.0 Å². The molecular weight excluding hydrogens is 447 g/mol. The van der Waals surface area contributed by atoms with Crippen molar-refractivity contribution in [3.8, 4) is 0 Å². The van der Waals surface area contributed by atoms with E-state index in [9.17, 15) is 9.90 Å². The van der Waals surface area contributed by atoms with Crippen LogP contribution < -0.4 is 10.6 Å². The van der Waals surface area contributed by atoms with Crippen LogP contribution in [0, 0.1) is 5.92 Å². The number of nitrogens with one attached hydrogen (secondary N) is 2. The molecule has 7 nitrogen and oxygen atoms in total. The van der Waals surface area contributed by atoms with Crippen LogP contribution in [0.15, 0.2) is 27.8 Å². The van der Waals surface area contributed by atoms with Gasteiger partial charge in [0.05, 0.1) is 12.8 Å². The monoisotopic (exact) mass is 478 g/mol. The number of hydrogen-bond donors (Lipinski definition) is 3. The number of halogens is 1. The van der Waals surface area contributed by atoms with Crippen molar-refractivity contribution < 1.29 is 14.3 Å². The van der Waals surface area contributed by atoms with Crippen molar-refractivity contribution >= 4 is 35.8 Å². The minimum absolute atomic E-state index is 0. The zero-order valence-electron chi connectivity index (χ0n) is 15.8. The Labute approximate surface area is 172 Å². The van der Waals surface area contributed by atoms with Crippen LogP contribution in [-0.2, 0) is 10.4 Å². The van der Waals surface area contributed by atoms with Crippen molar-refractivity contribution in [2.45, 2.75) is 38.7 Å². The Kier molecular flexibility index (Phi) is 9.42. The first kappa shape index (κ1) is 22.8. The van der Waals surface area contributed by atoms with Crippen molar-refractivity contribution in [2.24, 2.45) is 10.9 Å². The first-order valence-electron chi connectivity index (χ1n) is 8.96. The molecule has 2 rings (SSSR count). The van der Waals surface area contributed by atoms with E-state index in [1.807, 2.05) is 6.92 Å². The molecule has 1 amide bonds. The molecule has 26 heavy (non-hydrogen) atoms. The van der Waals surface area contributed by atoms with E-state index in [-0.39, 0.29) is 36.4 Å². The zero-order valence-corrected chi connectivity index (χ0v) is 18.2. The molecule has 148 valence electrons. The number of carbonyl (C=O) groups is 1. The molecule has 1 fully saturated rings. The lowest BCUT2D eigenvalue weighted by molar-refractivity contribution is -0.121. The van der Waals surface area contributed by atoms with E-state index in [0.717, 1.165) is 38.4 Å². The van der Waals surface area contributed by atoms with Gasteiger partial charge in [0.15, 0.2) is 5.96 Å². The maximum Gasteiger partial charge on any atom is 0.220 e. The molecule has 0 radical (unpaired) electrons. The molecule has 0 bridgehead atoms. The van der Waals surface area contributed by atoms with Crippen LogP contribution in [0.2, 0.25) is 0 Å². The highest BCUT2D eigenvalue weighted by Gasteiger charge is 2.27. The Morgan fingerprint density at radius 1 is 1.46 bits per heavy atom. The lowest BCUT2D eigenvalue weighted by Gasteiger charge is -2.34. The number of aliphatic hydroxyl groups is 1. The van der Waals surface area contributed by atoms with Gasteiger partial charge in [-0.25, -0.2) is 4.99 Å². The Hall–Kier alpha value is -1.29. The highest BCUT2D eigenvalue weighted by molar-refractivity contribution is 14.0. The Balaban J connectivity index is 0.00000338. The van der Waals surface area contributed by atoms with Crippen LogP contribution in [0.1, 0.15) is 38.9 Å². The van der Waals surface area contributed by atoms with Gasteiger partial charge in [-0.05, 0) is 44.7 Å². The van der Waals surface area contributed by atoms with Gasteiger partial charge in [0.2, 0.25) is 5.91 Å². The summed E-state index contributed by atoms with van der Waals surface area (Å²) in [4.78, 5) is 18.3. The summed E-state index contributed by atoms with van der Waals surface area (Å²) in [7, 11) is 1.68. The van der Waals surface area contributed by atoms with Crippen LogP contribution in [0.25, 0.3) is 0 Å². The van der Waals surface area contributed by atoms with Crippen LogP contribution in [0.4, 0.5) is 0 Å². The fourth-order valence-electron chi connectivity index (χ4n) is 3.03. The molecule has 0 aliphatic carbocycles. The van der Waals surface area contributed by atoms with Crippen molar-refractivity contribution in [3.63, 3.8) is 0 Å². The van der Waals surface area contributed by atoms with Gasteiger partial charge >= 0.3 is 0 Å². The number of guanidine groups is 1. The number of hydrogen-bond acceptors (Lipinski definition) is 4. The number of rotatable bonds is 6. The summed E-state index contributed by atoms with van der Waals surface area (Å²) in [5.41, 5.74) is -1.14. The highest BCUT2D eigenvalue weighted by Crippen LogP contribution is 2.23. The first-order valence-corrected chi connectivity index (χ1v) is 8.96. The number of nitrogens with zero attached hydrogens (tertiary/aromatic N) is 2. The standard InChI is InChI=1S/C18H30N4O3.HI/c1-4-20-17(21-13-18(2,24)15-6-5-11-25-15)22-9-7-14(8-10-22)12-16(23)19-3;/h5-6,11,14,24H,4,7-10,12-13H2,1-3H3,(H,19,23)(H,20,21);1H. The molecule has 1 aliphatic heterocycles. The van der Waals surface area contributed by atoms with E-state index in [2.05, 4.69) is 20.5 Å². The molecular formula is C18H31IN4O3. The molecule has 0 spiro atoms. The van der Waals surface area contributed by atoms with E-state index in [4.69, 9.17) is 4.42 Å². The zero-order chi connectivity index (χ0) is 18.3. The molecule has 1 unspecified atom stereocenters. The highest BCUT2D eigenvalue weighted by atomic mass is 127. The fraction of sp³-hybridized carbons (Fsp3) is 0.667. The van der Waals surface area contributed by atoms with Crippen molar-refractivity contribution in [1.29, 1.82) is 0 Å². The van der Waals surface area contributed by atoms with Gasteiger partial charge in [-0.15, -0.1) is 24.0 Å². The minimum Gasteiger partial charge on any atom is -0.466 e. The SMILES string of the molecule is CCNC(=NCC(C)(O)c1ccco1)N1CCC(CC(=O)NC)CC1.I. The van der Waals surface area contributed by atoms with E-state index in [1.54, 1.807) is 32.4 Å². The quantitative estimate of drug-likeness (QED) is 0.330. The molecule has 1 aromatic rings.